The normalized spacial score (nSPS) is 16.1. The summed E-state index contributed by atoms with van der Waals surface area (Å²) >= 11 is 10.0. The first kappa shape index (κ1) is 18.0. The molecule has 0 saturated carbocycles. The van der Waals surface area contributed by atoms with Crippen molar-refractivity contribution in [3.8, 4) is 11.5 Å². The number of hydrogen-bond donors (Lipinski definition) is 0. The Morgan fingerprint density at radius 3 is 2.78 bits per heavy atom. The maximum atomic E-state index is 12.4. The minimum absolute atomic E-state index is 0.111. The average Bonchev–Trinajstić information content (AvgIpc) is 2.78. The first-order valence-corrected chi connectivity index (χ1v) is 8.90. The molecule has 0 aliphatic carbocycles. The van der Waals surface area contributed by atoms with E-state index in [1.165, 1.54) is 16.7 Å². The molecule has 1 aliphatic heterocycles. The van der Waals surface area contributed by atoms with Crippen LogP contribution in [0, 0.1) is 0 Å². The number of hydrogen-bond acceptors (Lipinski definition) is 5. The molecule has 122 valence electrons. The summed E-state index contributed by atoms with van der Waals surface area (Å²) in [5.74, 6) is 1.15. The van der Waals surface area contributed by atoms with E-state index < -0.39 is 0 Å². The monoisotopic (exact) mass is 413 g/mol. The zero-order valence-corrected chi connectivity index (χ0v) is 16.0. The van der Waals surface area contributed by atoms with Gasteiger partial charge in [-0.05, 0) is 30.7 Å². The lowest BCUT2D eigenvalue weighted by Crippen LogP contribution is -2.27. The molecule has 1 aromatic rings. The smallest absolute Gasteiger partial charge is 0.266 e. The van der Waals surface area contributed by atoms with Crippen LogP contribution in [0.4, 0.5) is 0 Å². The summed E-state index contributed by atoms with van der Waals surface area (Å²) in [6, 6.07) is 3.66. The summed E-state index contributed by atoms with van der Waals surface area (Å²) in [6.07, 6.45) is 3.46. The van der Waals surface area contributed by atoms with Crippen molar-refractivity contribution in [3.63, 3.8) is 0 Å². The Morgan fingerprint density at radius 1 is 1.43 bits per heavy atom. The molecule has 1 aromatic carbocycles. The second-order valence-electron chi connectivity index (χ2n) is 4.54. The largest absolute Gasteiger partial charge is 0.493 e. The molecule has 0 bridgehead atoms. The molecule has 2 rings (SSSR count). The highest BCUT2D eigenvalue weighted by Crippen LogP contribution is 2.38. The van der Waals surface area contributed by atoms with Gasteiger partial charge in [-0.1, -0.05) is 46.0 Å². The second-order valence-corrected chi connectivity index (χ2v) is 7.07. The lowest BCUT2D eigenvalue weighted by atomic mass is 10.2. The fraction of sp³-hybridized carbons (Fsp3) is 0.250. The molecule has 1 aliphatic rings. The number of carbonyl (C=O) groups excluding carboxylic acids is 1. The van der Waals surface area contributed by atoms with Crippen LogP contribution in [0.25, 0.3) is 6.08 Å². The summed E-state index contributed by atoms with van der Waals surface area (Å²) in [5, 5.41) is 0. The molecular formula is C16H16BrNO3S2. The quantitative estimate of drug-likeness (QED) is 0.396. The summed E-state index contributed by atoms with van der Waals surface area (Å²) in [7, 11) is 1.59. The van der Waals surface area contributed by atoms with E-state index in [4.69, 9.17) is 21.7 Å². The van der Waals surface area contributed by atoms with E-state index in [2.05, 4.69) is 22.5 Å². The lowest BCUT2D eigenvalue weighted by Gasteiger charge is -2.12. The number of amides is 1. The van der Waals surface area contributed by atoms with Gasteiger partial charge in [0.2, 0.25) is 0 Å². The van der Waals surface area contributed by atoms with E-state index in [9.17, 15) is 4.79 Å². The van der Waals surface area contributed by atoms with Gasteiger partial charge in [0.05, 0.1) is 18.6 Å². The van der Waals surface area contributed by atoms with Gasteiger partial charge in [0, 0.05) is 11.0 Å². The van der Waals surface area contributed by atoms with Gasteiger partial charge in [0.25, 0.3) is 5.91 Å². The summed E-state index contributed by atoms with van der Waals surface area (Å²) in [4.78, 5) is 14.5. The molecule has 1 saturated heterocycles. The van der Waals surface area contributed by atoms with Gasteiger partial charge in [-0.2, -0.15) is 0 Å². The van der Waals surface area contributed by atoms with Gasteiger partial charge in [-0.3, -0.25) is 9.69 Å². The summed E-state index contributed by atoms with van der Waals surface area (Å²) < 4.78 is 12.2. The molecule has 0 atom stereocenters. The molecule has 7 heteroatoms. The Bertz CT molecular complexity index is 688. The minimum atomic E-state index is -0.111. The number of rotatable bonds is 6. The fourth-order valence-corrected chi connectivity index (χ4v) is 3.72. The molecule has 0 radical (unpaired) electrons. The van der Waals surface area contributed by atoms with E-state index in [1.54, 1.807) is 19.3 Å². The SMILES string of the molecule is C=CCN1C(=O)C(=Cc2cc(OCC)c(OC)cc2Br)SC1=S. The Hall–Kier alpha value is -1.31. The van der Waals surface area contributed by atoms with Crippen molar-refractivity contribution < 1.29 is 14.3 Å². The first-order chi connectivity index (χ1) is 11.0. The maximum Gasteiger partial charge on any atom is 0.266 e. The fourth-order valence-electron chi connectivity index (χ4n) is 2.02. The number of benzene rings is 1. The van der Waals surface area contributed by atoms with Crippen LogP contribution in [-0.4, -0.2) is 35.4 Å². The van der Waals surface area contributed by atoms with Crippen molar-refractivity contribution >= 4 is 56.2 Å². The van der Waals surface area contributed by atoms with Gasteiger partial charge >= 0.3 is 0 Å². The Kier molecular flexibility index (Phi) is 6.26. The molecule has 4 nitrogen and oxygen atoms in total. The second kappa shape index (κ2) is 7.99. The summed E-state index contributed by atoms with van der Waals surface area (Å²) in [5.41, 5.74) is 0.827. The standard InChI is InChI=1S/C16H16BrNO3S2/c1-4-6-18-15(19)14(23-16(18)22)8-10-7-13(21-5-2)12(20-3)9-11(10)17/h4,7-9H,1,5-6H2,2-3H3. The predicted octanol–water partition coefficient (Wildman–Crippen LogP) is 4.24. The van der Waals surface area contributed by atoms with Gasteiger partial charge in [-0.25, -0.2) is 0 Å². The van der Waals surface area contributed by atoms with Crippen LogP contribution >= 0.6 is 39.9 Å². The molecular weight excluding hydrogens is 398 g/mol. The van der Waals surface area contributed by atoms with E-state index in [0.29, 0.717) is 33.9 Å². The number of carbonyl (C=O) groups is 1. The van der Waals surface area contributed by atoms with Crippen LogP contribution in [0.2, 0.25) is 0 Å². The van der Waals surface area contributed by atoms with Gasteiger partial charge in [0.15, 0.2) is 11.5 Å². The van der Waals surface area contributed by atoms with E-state index >= 15 is 0 Å². The Balaban J connectivity index is 2.39. The van der Waals surface area contributed by atoms with Crippen LogP contribution in [0.1, 0.15) is 12.5 Å². The van der Waals surface area contributed by atoms with Gasteiger partial charge in [0.1, 0.15) is 4.32 Å². The van der Waals surface area contributed by atoms with E-state index in [-0.39, 0.29) is 5.91 Å². The molecule has 1 heterocycles. The molecule has 0 aromatic heterocycles. The molecule has 23 heavy (non-hydrogen) atoms. The van der Waals surface area contributed by atoms with E-state index in [1.807, 2.05) is 19.1 Å². The first-order valence-electron chi connectivity index (χ1n) is 6.88. The molecule has 1 fully saturated rings. The number of halogens is 1. The molecule has 0 N–H and O–H groups in total. The number of methoxy groups -OCH3 is 1. The van der Waals surface area contributed by atoms with Gasteiger partial charge in [-0.15, -0.1) is 6.58 Å². The molecule has 0 spiro atoms. The van der Waals surface area contributed by atoms with Crippen molar-refractivity contribution in [2.45, 2.75) is 6.92 Å². The van der Waals surface area contributed by atoms with Crippen LogP contribution < -0.4 is 9.47 Å². The number of ether oxygens (including phenoxy) is 2. The van der Waals surface area contributed by atoms with Gasteiger partial charge < -0.3 is 9.47 Å². The van der Waals surface area contributed by atoms with Crippen LogP contribution in [0.3, 0.4) is 0 Å². The highest BCUT2D eigenvalue weighted by atomic mass is 79.9. The Morgan fingerprint density at radius 2 is 2.17 bits per heavy atom. The van der Waals surface area contributed by atoms with Crippen molar-refractivity contribution in [3.05, 3.63) is 39.7 Å². The predicted molar refractivity (Wildman–Crippen MR) is 102 cm³/mol. The Labute approximate surface area is 153 Å². The molecule has 0 unspecified atom stereocenters. The third-order valence-electron chi connectivity index (χ3n) is 3.05. The van der Waals surface area contributed by atoms with Crippen molar-refractivity contribution in [2.75, 3.05) is 20.3 Å². The van der Waals surface area contributed by atoms with Crippen molar-refractivity contribution in [1.29, 1.82) is 0 Å². The third kappa shape index (κ3) is 3.97. The number of thiocarbonyl (C=S) groups is 1. The van der Waals surface area contributed by atoms with E-state index in [0.717, 1.165) is 10.0 Å². The van der Waals surface area contributed by atoms with Crippen LogP contribution in [0.15, 0.2) is 34.2 Å². The lowest BCUT2D eigenvalue weighted by molar-refractivity contribution is -0.121. The highest BCUT2D eigenvalue weighted by molar-refractivity contribution is 9.10. The molecule has 1 amide bonds. The highest BCUT2D eigenvalue weighted by Gasteiger charge is 2.31. The zero-order valence-electron chi connectivity index (χ0n) is 12.8. The number of nitrogens with zero attached hydrogens (tertiary/aromatic N) is 1. The zero-order chi connectivity index (χ0) is 17.0. The average molecular weight is 414 g/mol. The maximum absolute atomic E-state index is 12.4. The van der Waals surface area contributed by atoms with Crippen LogP contribution in [-0.2, 0) is 4.79 Å². The van der Waals surface area contributed by atoms with Crippen molar-refractivity contribution in [1.82, 2.24) is 4.90 Å². The summed E-state index contributed by atoms with van der Waals surface area (Å²) in [6.45, 7) is 6.49. The van der Waals surface area contributed by atoms with Crippen LogP contribution in [0.5, 0.6) is 11.5 Å². The van der Waals surface area contributed by atoms with Crippen molar-refractivity contribution in [2.24, 2.45) is 0 Å². The third-order valence-corrected chi connectivity index (χ3v) is 5.12. The minimum Gasteiger partial charge on any atom is -0.493 e. The topological polar surface area (TPSA) is 38.8 Å². The number of thioether (sulfide) groups is 1.